The van der Waals surface area contributed by atoms with Crippen LogP contribution in [0.5, 0.6) is 0 Å². The second-order valence-corrected chi connectivity index (χ2v) is 6.01. The SMILES string of the molecule is CC(C)(C)N=Cc1ccc(C(C)(C)C)[nH]1. The second-order valence-electron chi connectivity index (χ2n) is 6.01. The van der Waals surface area contributed by atoms with Crippen LogP contribution in [0.1, 0.15) is 52.9 Å². The lowest BCUT2D eigenvalue weighted by Crippen LogP contribution is -2.12. The van der Waals surface area contributed by atoms with E-state index in [1.807, 2.05) is 6.21 Å². The highest BCUT2D eigenvalue weighted by atomic mass is 14.8. The maximum atomic E-state index is 4.47. The van der Waals surface area contributed by atoms with Crippen molar-refractivity contribution in [2.75, 3.05) is 0 Å². The van der Waals surface area contributed by atoms with E-state index in [0.29, 0.717) is 0 Å². The molecule has 0 fully saturated rings. The fraction of sp³-hybridized carbons (Fsp3) is 0.615. The number of nitrogens with one attached hydrogen (secondary N) is 1. The van der Waals surface area contributed by atoms with Crippen LogP contribution < -0.4 is 0 Å². The zero-order valence-electron chi connectivity index (χ0n) is 10.7. The number of nitrogens with zero attached hydrogens (tertiary/aromatic N) is 1. The Morgan fingerprint density at radius 3 is 2.07 bits per heavy atom. The van der Waals surface area contributed by atoms with Crippen molar-refractivity contribution in [2.24, 2.45) is 4.99 Å². The largest absolute Gasteiger partial charge is 0.357 e. The van der Waals surface area contributed by atoms with Crippen LogP contribution in [0.15, 0.2) is 17.1 Å². The van der Waals surface area contributed by atoms with E-state index < -0.39 is 0 Å². The summed E-state index contributed by atoms with van der Waals surface area (Å²) in [7, 11) is 0. The van der Waals surface area contributed by atoms with Crippen LogP contribution in [0.25, 0.3) is 0 Å². The molecule has 1 heterocycles. The quantitative estimate of drug-likeness (QED) is 0.681. The van der Waals surface area contributed by atoms with Gasteiger partial charge in [-0.25, -0.2) is 0 Å². The summed E-state index contributed by atoms with van der Waals surface area (Å²) in [5.41, 5.74) is 2.49. The summed E-state index contributed by atoms with van der Waals surface area (Å²) in [5, 5.41) is 0. The molecule has 2 nitrogen and oxygen atoms in total. The molecule has 0 saturated heterocycles. The molecule has 0 spiro atoms. The fourth-order valence-electron chi connectivity index (χ4n) is 1.19. The zero-order chi connectivity index (χ0) is 11.7. The number of H-pyrrole nitrogens is 1. The Bertz CT molecular complexity index is 345. The van der Waals surface area contributed by atoms with Crippen molar-refractivity contribution >= 4 is 6.21 Å². The lowest BCUT2D eigenvalue weighted by Gasteiger charge is -2.16. The third-order valence-corrected chi connectivity index (χ3v) is 2.11. The molecule has 84 valence electrons. The molecule has 2 heteroatoms. The van der Waals surface area contributed by atoms with Gasteiger partial charge in [0.15, 0.2) is 0 Å². The van der Waals surface area contributed by atoms with Crippen LogP contribution in [-0.4, -0.2) is 16.7 Å². The van der Waals surface area contributed by atoms with E-state index in [0.717, 1.165) is 5.69 Å². The number of aliphatic imine (C=N–C) groups is 1. The molecule has 0 aromatic carbocycles. The van der Waals surface area contributed by atoms with Gasteiger partial charge < -0.3 is 4.98 Å². The van der Waals surface area contributed by atoms with Crippen LogP contribution in [0.3, 0.4) is 0 Å². The highest BCUT2D eigenvalue weighted by molar-refractivity contribution is 5.77. The second kappa shape index (κ2) is 3.84. The van der Waals surface area contributed by atoms with Gasteiger partial charge in [-0.1, -0.05) is 20.8 Å². The Hall–Kier alpha value is -1.05. The van der Waals surface area contributed by atoms with Gasteiger partial charge in [0.1, 0.15) is 0 Å². The molecule has 1 aromatic heterocycles. The van der Waals surface area contributed by atoms with Crippen molar-refractivity contribution in [1.29, 1.82) is 0 Å². The average molecular weight is 206 g/mol. The zero-order valence-corrected chi connectivity index (χ0v) is 10.7. The van der Waals surface area contributed by atoms with Gasteiger partial charge in [-0.15, -0.1) is 0 Å². The number of hydrogen-bond acceptors (Lipinski definition) is 1. The number of rotatable bonds is 1. The fourth-order valence-corrected chi connectivity index (χ4v) is 1.19. The molecule has 0 unspecified atom stereocenters. The van der Waals surface area contributed by atoms with E-state index in [1.54, 1.807) is 0 Å². The van der Waals surface area contributed by atoms with Crippen LogP contribution in [0, 0.1) is 0 Å². The van der Waals surface area contributed by atoms with Gasteiger partial charge in [-0.3, -0.25) is 4.99 Å². The van der Waals surface area contributed by atoms with E-state index in [4.69, 9.17) is 0 Å². The Morgan fingerprint density at radius 1 is 1.07 bits per heavy atom. The predicted octanol–water partition coefficient (Wildman–Crippen LogP) is 3.53. The molecule has 1 rings (SSSR count). The summed E-state index contributed by atoms with van der Waals surface area (Å²) in [4.78, 5) is 7.84. The lowest BCUT2D eigenvalue weighted by molar-refractivity contribution is 0.572. The standard InChI is InChI=1S/C13H22N2/c1-12(2,3)11-8-7-10(15-11)9-14-13(4,5)6/h7-9,15H,1-6H3. The van der Waals surface area contributed by atoms with Gasteiger partial charge in [0.25, 0.3) is 0 Å². The molecule has 0 aliphatic heterocycles. The molecule has 0 radical (unpaired) electrons. The van der Waals surface area contributed by atoms with Crippen LogP contribution >= 0.6 is 0 Å². The number of aromatic amines is 1. The number of aromatic nitrogens is 1. The summed E-state index contributed by atoms with van der Waals surface area (Å²) in [6, 6.07) is 4.21. The summed E-state index contributed by atoms with van der Waals surface area (Å²) < 4.78 is 0. The van der Waals surface area contributed by atoms with E-state index in [2.05, 4.69) is 63.7 Å². The van der Waals surface area contributed by atoms with Crippen molar-refractivity contribution in [3.63, 3.8) is 0 Å². The topological polar surface area (TPSA) is 28.1 Å². The van der Waals surface area contributed by atoms with Crippen LogP contribution in [-0.2, 0) is 5.41 Å². The summed E-state index contributed by atoms with van der Waals surface area (Å²) >= 11 is 0. The van der Waals surface area contributed by atoms with E-state index >= 15 is 0 Å². The molecule has 0 amide bonds. The predicted molar refractivity (Wildman–Crippen MR) is 66.8 cm³/mol. The molecule has 15 heavy (non-hydrogen) atoms. The van der Waals surface area contributed by atoms with Crippen molar-refractivity contribution in [1.82, 2.24) is 4.98 Å². The first-order chi connectivity index (χ1) is 6.68. The Morgan fingerprint density at radius 2 is 1.67 bits per heavy atom. The maximum Gasteiger partial charge on any atom is 0.0564 e. The van der Waals surface area contributed by atoms with Crippen molar-refractivity contribution < 1.29 is 0 Å². The minimum Gasteiger partial charge on any atom is -0.357 e. The molecule has 0 atom stereocenters. The molecular formula is C13H22N2. The lowest BCUT2D eigenvalue weighted by atomic mass is 9.93. The minimum atomic E-state index is -0.00694. The average Bonchev–Trinajstić information content (AvgIpc) is 2.45. The maximum absolute atomic E-state index is 4.47. The normalized spacial score (nSPS) is 13.7. The van der Waals surface area contributed by atoms with E-state index in [1.165, 1.54) is 5.69 Å². The molecule has 1 aromatic rings. The van der Waals surface area contributed by atoms with E-state index in [-0.39, 0.29) is 11.0 Å². The van der Waals surface area contributed by atoms with Crippen molar-refractivity contribution in [3.8, 4) is 0 Å². The molecule has 0 aliphatic carbocycles. The monoisotopic (exact) mass is 206 g/mol. The Labute approximate surface area is 92.8 Å². The Balaban J connectivity index is 2.82. The summed E-state index contributed by atoms with van der Waals surface area (Å²) in [6.45, 7) is 12.9. The molecule has 1 N–H and O–H groups in total. The minimum absolute atomic E-state index is 0.00694. The van der Waals surface area contributed by atoms with Gasteiger partial charge in [0.05, 0.1) is 11.2 Å². The first kappa shape index (κ1) is 12.0. The van der Waals surface area contributed by atoms with Crippen molar-refractivity contribution in [3.05, 3.63) is 23.5 Å². The first-order valence-electron chi connectivity index (χ1n) is 5.43. The van der Waals surface area contributed by atoms with Crippen molar-refractivity contribution in [2.45, 2.75) is 52.5 Å². The third kappa shape index (κ3) is 3.90. The first-order valence-corrected chi connectivity index (χ1v) is 5.43. The van der Waals surface area contributed by atoms with Gasteiger partial charge in [0.2, 0.25) is 0 Å². The molecule has 0 aliphatic rings. The van der Waals surface area contributed by atoms with Crippen LogP contribution in [0.4, 0.5) is 0 Å². The number of hydrogen-bond donors (Lipinski definition) is 1. The van der Waals surface area contributed by atoms with E-state index in [9.17, 15) is 0 Å². The highest BCUT2D eigenvalue weighted by Gasteiger charge is 2.15. The van der Waals surface area contributed by atoms with Crippen LogP contribution in [0.2, 0.25) is 0 Å². The van der Waals surface area contributed by atoms with Gasteiger partial charge in [-0.2, -0.15) is 0 Å². The molecule has 0 bridgehead atoms. The summed E-state index contributed by atoms with van der Waals surface area (Å²) in [6.07, 6.45) is 1.91. The molecular weight excluding hydrogens is 184 g/mol. The Kier molecular flexibility index (Phi) is 3.08. The smallest absolute Gasteiger partial charge is 0.0564 e. The van der Waals surface area contributed by atoms with Gasteiger partial charge >= 0.3 is 0 Å². The highest BCUT2D eigenvalue weighted by Crippen LogP contribution is 2.20. The molecule has 0 saturated carbocycles. The van der Waals surface area contributed by atoms with Gasteiger partial charge in [0, 0.05) is 17.3 Å². The van der Waals surface area contributed by atoms with Gasteiger partial charge in [-0.05, 0) is 32.9 Å². The summed E-state index contributed by atoms with van der Waals surface area (Å²) in [5.74, 6) is 0. The third-order valence-electron chi connectivity index (χ3n) is 2.11.